The smallest absolute Gasteiger partial charge is 0.254 e. The van der Waals surface area contributed by atoms with Gasteiger partial charge in [-0.1, -0.05) is 6.07 Å². The Morgan fingerprint density at radius 1 is 1.50 bits per heavy atom. The van der Waals surface area contributed by atoms with Crippen LogP contribution in [-0.2, 0) is 14.8 Å². The van der Waals surface area contributed by atoms with Crippen LogP contribution in [0, 0.1) is 5.82 Å². The van der Waals surface area contributed by atoms with Crippen molar-refractivity contribution in [3.05, 3.63) is 30.1 Å². The lowest BCUT2D eigenvalue weighted by Crippen LogP contribution is -2.43. The minimum atomic E-state index is -3.68. The van der Waals surface area contributed by atoms with Crippen LogP contribution in [0.15, 0.2) is 24.3 Å². The van der Waals surface area contributed by atoms with Gasteiger partial charge in [0, 0.05) is 0 Å². The largest absolute Gasteiger partial charge is 0.293 e. The normalized spacial score (nSPS) is 11.1. The van der Waals surface area contributed by atoms with Gasteiger partial charge in [0.15, 0.2) is 0 Å². The Bertz CT molecular complexity index is 533. The Morgan fingerprint density at radius 3 is 2.67 bits per heavy atom. The van der Waals surface area contributed by atoms with Gasteiger partial charge in [0.2, 0.25) is 10.0 Å². The van der Waals surface area contributed by atoms with Crippen LogP contribution in [0.2, 0.25) is 0 Å². The Hall–Kier alpha value is -1.67. The van der Waals surface area contributed by atoms with Crippen LogP contribution in [0.1, 0.15) is 6.92 Å². The van der Waals surface area contributed by atoms with Gasteiger partial charge in [-0.2, -0.15) is 0 Å². The molecule has 0 aliphatic rings. The molecule has 18 heavy (non-hydrogen) atoms. The third-order valence-electron chi connectivity index (χ3n) is 2.24. The second kappa shape index (κ2) is 5.78. The van der Waals surface area contributed by atoms with Crippen molar-refractivity contribution in [3.63, 3.8) is 0 Å². The highest BCUT2D eigenvalue weighted by Crippen LogP contribution is 2.19. The van der Waals surface area contributed by atoms with Crippen LogP contribution in [0.3, 0.4) is 0 Å². The first-order valence-electron chi connectivity index (χ1n) is 5.16. The maximum absolute atomic E-state index is 13.1. The zero-order valence-corrected chi connectivity index (χ0v) is 10.6. The zero-order chi connectivity index (χ0) is 13.8. The van der Waals surface area contributed by atoms with E-state index < -0.39 is 28.3 Å². The molecule has 1 aromatic rings. The summed E-state index contributed by atoms with van der Waals surface area (Å²) in [5, 5.41) is 0. The highest BCUT2D eigenvalue weighted by Gasteiger charge is 2.23. The molecule has 0 atom stereocenters. The maximum atomic E-state index is 13.1. The standard InChI is InChI=1S/C10H14FN3O3S/c1-2-18(16,17)14(7-10(15)13-12)9-5-3-4-8(11)6-9/h3-6H,2,7,12H2,1H3,(H,13,15). The van der Waals surface area contributed by atoms with Gasteiger partial charge in [-0.3, -0.25) is 14.5 Å². The number of nitrogens with two attached hydrogens (primary N) is 1. The fraction of sp³-hybridized carbons (Fsp3) is 0.300. The number of anilines is 1. The molecular formula is C10H14FN3O3S. The average molecular weight is 275 g/mol. The first-order valence-corrected chi connectivity index (χ1v) is 6.77. The van der Waals surface area contributed by atoms with E-state index in [4.69, 9.17) is 5.84 Å². The first kappa shape index (κ1) is 14.4. The van der Waals surface area contributed by atoms with E-state index >= 15 is 0 Å². The fourth-order valence-electron chi connectivity index (χ4n) is 1.31. The molecule has 8 heteroatoms. The molecule has 1 rings (SSSR count). The molecule has 0 heterocycles. The molecule has 0 bridgehead atoms. The Kier molecular flexibility index (Phi) is 4.62. The number of carbonyl (C=O) groups excluding carboxylic acids is 1. The summed E-state index contributed by atoms with van der Waals surface area (Å²) in [6.07, 6.45) is 0. The highest BCUT2D eigenvalue weighted by atomic mass is 32.2. The molecule has 0 unspecified atom stereocenters. The highest BCUT2D eigenvalue weighted by molar-refractivity contribution is 7.92. The van der Waals surface area contributed by atoms with Crippen molar-refractivity contribution >= 4 is 21.6 Å². The number of hydrogen-bond donors (Lipinski definition) is 2. The topological polar surface area (TPSA) is 92.5 Å². The summed E-state index contributed by atoms with van der Waals surface area (Å²) in [7, 11) is -3.68. The van der Waals surface area contributed by atoms with E-state index in [9.17, 15) is 17.6 Å². The number of nitrogens with one attached hydrogen (secondary N) is 1. The van der Waals surface area contributed by atoms with E-state index in [0.717, 1.165) is 10.4 Å². The number of rotatable bonds is 5. The van der Waals surface area contributed by atoms with Crippen molar-refractivity contribution < 1.29 is 17.6 Å². The third-order valence-corrected chi connectivity index (χ3v) is 3.99. The summed E-state index contributed by atoms with van der Waals surface area (Å²) in [4.78, 5) is 11.2. The molecule has 1 amide bonds. The van der Waals surface area contributed by atoms with E-state index in [0.29, 0.717) is 0 Å². The molecule has 0 saturated heterocycles. The van der Waals surface area contributed by atoms with Crippen LogP contribution in [-0.4, -0.2) is 26.6 Å². The second-order valence-corrected chi connectivity index (χ2v) is 5.64. The van der Waals surface area contributed by atoms with Crippen LogP contribution in [0.4, 0.5) is 10.1 Å². The van der Waals surface area contributed by atoms with Gasteiger partial charge in [-0.05, 0) is 25.1 Å². The zero-order valence-electron chi connectivity index (χ0n) is 9.76. The molecule has 0 fully saturated rings. The summed E-state index contributed by atoms with van der Waals surface area (Å²) < 4.78 is 37.6. The van der Waals surface area contributed by atoms with Crippen molar-refractivity contribution in [1.29, 1.82) is 0 Å². The molecule has 0 saturated carbocycles. The van der Waals surface area contributed by atoms with Crippen molar-refractivity contribution in [2.45, 2.75) is 6.92 Å². The van der Waals surface area contributed by atoms with Crippen molar-refractivity contribution in [2.24, 2.45) is 5.84 Å². The Morgan fingerprint density at radius 2 is 2.17 bits per heavy atom. The Balaban J connectivity index is 3.17. The SMILES string of the molecule is CCS(=O)(=O)N(CC(=O)NN)c1cccc(F)c1. The minimum absolute atomic E-state index is 0.0838. The van der Waals surface area contributed by atoms with E-state index in [1.807, 2.05) is 5.43 Å². The summed E-state index contributed by atoms with van der Waals surface area (Å²) >= 11 is 0. The quantitative estimate of drug-likeness (QED) is 0.448. The first-order chi connectivity index (χ1) is 8.40. The molecule has 0 aliphatic carbocycles. The van der Waals surface area contributed by atoms with Gasteiger partial charge in [0.25, 0.3) is 5.91 Å². The number of amides is 1. The molecular weight excluding hydrogens is 261 g/mol. The van der Waals surface area contributed by atoms with Crippen LogP contribution >= 0.6 is 0 Å². The average Bonchev–Trinajstić information content (AvgIpc) is 2.35. The number of halogens is 1. The summed E-state index contributed by atoms with van der Waals surface area (Å²) in [6.45, 7) is 0.943. The number of hydrogen-bond acceptors (Lipinski definition) is 4. The number of nitrogens with zero attached hydrogens (tertiary/aromatic N) is 1. The number of hydrazine groups is 1. The molecule has 0 spiro atoms. The molecule has 6 nitrogen and oxygen atoms in total. The number of benzene rings is 1. The number of carbonyl (C=O) groups is 1. The fourth-order valence-corrected chi connectivity index (χ4v) is 2.37. The van der Waals surface area contributed by atoms with Crippen LogP contribution in [0.5, 0.6) is 0 Å². The lowest BCUT2D eigenvalue weighted by molar-refractivity contribution is -0.119. The maximum Gasteiger partial charge on any atom is 0.254 e. The van der Waals surface area contributed by atoms with Crippen LogP contribution < -0.4 is 15.6 Å². The van der Waals surface area contributed by atoms with E-state index in [1.54, 1.807) is 0 Å². The predicted molar refractivity (Wildman–Crippen MR) is 65.5 cm³/mol. The second-order valence-electron chi connectivity index (χ2n) is 3.45. The van der Waals surface area contributed by atoms with E-state index in [1.165, 1.54) is 25.1 Å². The van der Waals surface area contributed by atoms with Gasteiger partial charge in [0.1, 0.15) is 12.4 Å². The number of sulfonamides is 1. The molecule has 0 radical (unpaired) electrons. The van der Waals surface area contributed by atoms with Gasteiger partial charge < -0.3 is 0 Å². The van der Waals surface area contributed by atoms with Gasteiger partial charge in [0.05, 0.1) is 11.4 Å². The van der Waals surface area contributed by atoms with Crippen LogP contribution in [0.25, 0.3) is 0 Å². The molecule has 3 N–H and O–H groups in total. The lowest BCUT2D eigenvalue weighted by Gasteiger charge is -2.22. The summed E-state index contributed by atoms with van der Waals surface area (Å²) in [6, 6.07) is 4.99. The summed E-state index contributed by atoms with van der Waals surface area (Å²) in [5.41, 5.74) is 1.92. The molecule has 0 aromatic heterocycles. The Labute approximate surface area is 105 Å². The van der Waals surface area contributed by atoms with Crippen molar-refractivity contribution in [3.8, 4) is 0 Å². The predicted octanol–water partition coefficient (Wildman–Crippen LogP) is -0.0283. The monoisotopic (exact) mass is 275 g/mol. The van der Waals surface area contributed by atoms with Gasteiger partial charge in [-0.25, -0.2) is 18.7 Å². The van der Waals surface area contributed by atoms with E-state index in [-0.39, 0.29) is 11.4 Å². The molecule has 100 valence electrons. The van der Waals surface area contributed by atoms with Gasteiger partial charge in [-0.15, -0.1) is 0 Å². The third kappa shape index (κ3) is 3.41. The van der Waals surface area contributed by atoms with Gasteiger partial charge >= 0.3 is 0 Å². The minimum Gasteiger partial charge on any atom is -0.293 e. The summed E-state index contributed by atoms with van der Waals surface area (Å²) in [5.74, 6) is 3.44. The molecule has 1 aromatic carbocycles. The lowest BCUT2D eigenvalue weighted by atomic mass is 10.3. The van der Waals surface area contributed by atoms with Crippen molar-refractivity contribution in [1.82, 2.24) is 5.43 Å². The van der Waals surface area contributed by atoms with Crippen molar-refractivity contribution in [2.75, 3.05) is 16.6 Å². The van der Waals surface area contributed by atoms with E-state index in [2.05, 4.69) is 0 Å². The molecule has 0 aliphatic heterocycles.